The van der Waals surface area contributed by atoms with Crippen LogP contribution in [0.4, 0.5) is 5.82 Å². The Morgan fingerprint density at radius 2 is 2.02 bits per heavy atom. The van der Waals surface area contributed by atoms with Crippen molar-refractivity contribution >= 4 is 23.9 Å². The fraction of sp³-hybridized carbons (Fsp3) is 0.475. The van der Waals surface area contributed by atoms with Crippen molar-refractivity contribution in [1.29, 1.82) is 0 Å². The van der Waals surface area contributed by atoms with Gasteiger partial charge in [0, 0.05) is 37.5 Å². The minimum absolute atomic E-state index is 0.0436. The highest BCUT2D eigenvalue weighted by Gasteiger charge is 2.52. The van der Waals surface area contributed by atoms with Crippen LogP contribution in [0.3, 0.4) is 0 Å². The van der Waals surface area contributed by atoms with Crippen LogP contribution >= 0.6 is 0 Å². The average Bonchev–Trinajstić information content (AvgIpc) is 3.52. The minimum atomic E-state index is -0.810. The molecule has 2 N–H and O–H groups in total. The number of allylic oxidation sites excluding steroid dienone is 9. The number of pyridine rings is 1. The van der Waals surface area contributed by atoms with Gasteiger partial charge in [-0.05, 0) is 98.6 Å². The maximum absolute atomic E-state index is 13.7. The third-order valence-corrected chi connectivity index (χ3v) is 10.9. The predicted octanol–water partition coefficient (Wildman–Crippen LogP) is 7.49. The summed E-state index contributed by atoms with van der Waals surface area (Å²) < 4.78 is 0. The van der Waals surface area contributed by atoms with E-state index in [1.165, 1.54) is 16.7 Å². The van der Waals surface area contributed by atoms with Gasteiger partial charge in [-0.2, -0.15) is 0 Å². The van der Waals surface area contributed by atoms with Gasteiger partial charge < -0.3 is 10.4 Å². The van der Waals surface area contributed by atoms with Crippen LogP contribution in [0.1, 0.15) is 89.5 Å². The first-order chi connectivity index (χ1) is 22.8. The van der Waals surface area contributed by atoms with Crippen molar-refractivity contribution in [2.45, 2.75) is 101 Å². The van der Waals surface area contributed by atoms with E-state index in [1.807, 2.05) is 37.4 Å². The molecule has 0 aromatic carbocycles. The molecule has 0 radical (unpaired) electrons. The summed E-state index contributed by atoms with van der Waals surface area (Å²) in [5.74, 6) is 0.381. The van der Waals surface area contributed by atoms with Crippen molar-refractivity contribution in [3.05, 3.63) is 101 Å². The number of carboxylic acid groups (broad SMARTS) is 1. The van der Waals surface area contributed by atoms with E-state index in [2.05, 4.69) is 59.5 Å². The Morgan fingerprint density at radius 1 is 1.17 bits per heavy atom. The summed E-state index contributed by atoms with van der Waals surface area (Å²) in [7, 11) is 1.85. The molecule has 47 heavy (non-hydrogen) atoms. The highest BCUT2D eigenvalue weighted by Crippen LogP contribution is 2.51. The third kappa shape index (κ3) is 6.83. The summed E-state index contributed by atoms with van der Waals surface area (Å²) in [5.41, 5.74) is 8.08. The first-order valence-corrected chi connectivity index (χ1v) is 17.5. The zero-order chi connectivity index (χ0) is 32.9. The lowest BCUT2D eigenvalue weighted by molar-refractivity contribution is -0.144. The van der Waals surface area contributed by atoms with Crippen LogP contribution < -0.4 is 10.2 Å². The Labute approximate surface area is 279 Å². The molecule has 2 saturated carbocycles. The fourth-order valence-corrected chi connectivity index (χ4v) is 8.09. The molecule has 2 fully saturated rings. The molecule has 3 unspecified atom stereocenters. The first-order valence-electron chi connectivity index (χ1n) is 17.5. The summed E-state index contributed by atoms with van der Waals surface area (Å²) in [6, 6.07) is 4.07. The summed E-state index contributed by atoms with van der Waals surface area (Å²) in [5, 5.41) is 13.5. The van der Waals surface area contributed by atoms with Gasteiger partial charge in [0.15, 0.2) is 0 Å². The Kier molecular flexibility index (Phi) is 10.0. The number of likely N-dealkylation sites (N-methyl/N-ethyl adjacent to an activating group) is 1. The number of carbonyl (C=O) groups excluding carboxylic acids is 1. The van der Waals surface area contributed by atoms with Crippen LogP contribution in [0.15, 0.2) is 100.0 Å². The first kappa shape index (κ1) is 32.9. The molecule has 0 saturated heterocycles. The topological polar surface area (TPSA) is 94.9 Å². The third-order valence-electron chi connectivity index (χ3n) is 10.9. The number of carbonyl (C=O) groups is 2. The molecule has 1 spiro atoms. The average molecular weight is 633 g/mol. The van der Waals surface area contributed by atoms with Gasteiger partial charge in [-0.1, -0.05) is 68.4 Å². The molecule has 246 valence electrons. The Balaban J connectivity index is 1.15. The van der Waals surface area contributed by atoms with E-state index in [0.29, 0.717) is 25.8 Å². The van der Waals surface area contributed by atoms with Gasteiger partial charge in [0.1, 0.15) is 11.4 Å². The molecule has 1 aromatic heterocycles. The lowest BCUT2D eigenvalue weighted by atomic mass is 9.66. The Hall–Kier alpha value is -4.06. The summed E-state index contributed by atoms with van der Waals surface area (Å²) in [4.78, 5) is 37.2. The molecule has 7 nitrogen and oxygen atoms in total. The number of amides is 1. The lowest BCUT2D eigenvalue weighted by Crippen LogP contribution is -2.51. The van der Waals surface area contributed by atoms with Crippen molar-refractivity contribution < 1.29 is 14.7 Å². The fourth-order valence-electron chi connectivity index (χ4n) is 8.09. The molecular formula is C40H48N4O3. The van der Waals surface area contributed by atoms with Crippen LogP contribution in [-0.2, 0) is 15.0 Å². The standard InChI is InChI=1S/C40H48N4O3/c1-3-34-25-33-26-39(35-19-12-24-41-36(35)44(2)37(39)45)23-20-31(33)17-10-13-29(27-42-34)14-11-18-32(30-15-6-4-5-7-16-30)28-43-40(38(46)47)21-8-9-22-40/h4-7,12-13,15,17,19,24-25,27,32,34,43H,3,8-11,14,18,20-23,26,28H2,1-2H3,(H,46,47). The number of aliphatic imine (C=N–C) groups is 1. The van der Waals surface area contributed by atoms with E-state index in [0.717, 1.165) is 74.7 Å². The van der Waals surface area contributed by atoms with Crippen molar-refractivity contribution in [2.75, 3.05) is 18.5 Å². The lowest BCUT2D eigenvalue weighted by Gasteiger charge is -2.35. The highest BCUT2D eigenvalue weighted by atomic mass is 16.4. The molecule has 6 rings (SSSR count). The highest BCUT2D eigenvalue weighted by molar-refractivity contribution is 6.07. The molecule has 2 aliphatic heterocycles. The number of fused-ring (bicyclic) bond motifs is 3. The van der Waals surface area contributed by atoms with Crippen LogP contribution in [0.5, 0.6) is 0 Å². The van der Waals surface area contributed by atoms with Crippen molar-refractivity contribution in [3.63, 3.8) is 0 Å². The molecule has 7 heteroatoms. The Bertz CT molecular complexity index is 1630. The second-order valence-corrected chi connectivity index (χ2v) is 13.8. The van der Waals surface area contributed by atoms with Gasteiger partial charge in [-0.15, -0.1) is 5.73 Å². The maximum Gasteiger partial charge on any atom is 0.323 e. The summed E-state index contributed by atoms with van der Waals surface area (Å²) in [6.45, 7) is 2.80. The van der Waals surface area contributed by atoms with E-state index in [1.54, 1.807) is 11.1 Å². The van der Waals surface area contributed by atoms with E-state index in [-0.39, 0.29) is 17.9 Å². The van der Waals surface area contributed by atoms with E-state index in [4.69, 9.17) is 4.99 Å². The van der Waals surface area contributed by atoms with Gasteiger partial charge in [-0.25, -0.2) is 4.98 Å². The number of nitrogens with one attached hydrogen (secondary N) is 1. The molecule has 1 amide bonds. The van der Waals surface area contributed by atoms with Crippen LogP contribution in [0.2, 0.25) is 0 Å². The molecule has 5 aliphatic rings. The number of aliphatic carboxylic acids is 1. The zero-order valence-electron chi connectivity index (χ0n) is 27.9. The number of anilines is 1. The quantitative estimate of drug-likeness (QED) is 0.261. The minimum Gasteiger partial charge on any atom is -0.480 e. The monoisotopic (exact) mass is 632 g/mol. The van der Waals surface area contributed by atoms with E-state index < -0.39 is 16.9 Å². The van der Waals surface area contributed by atoms with Crippen LogP contribution in [0.25, 0.3) is 0 Å². The molecule has 1 aromatic rings. The van der Waals surface area contributed by atoms with Gasteiger partial charge in [0.2, 0.25) is 5.91 Å². The predicted molar refractivity (Wildman–Crippen MR) is 189 cm³/mol. The van der Waals surface area contributed by atoms with Gasteiger partial charge in [0.25, 0.3) is 0 Å². The van der Waals surface area contributed by atoms with Crippen molar-refractivity contribution in [1.82, 2.24) is 10.3 Å². The van der Waals surface area contributed by atoms with Gasteiger partial charge in [-0.3, -0.25) is 19.5 Å². The molecule has 3 heterocycles. The van der Waals surface area contributed by atoms with Gasteiger partial charge in [0.05, 0.1) is 11.5 Å². The normalized spacial score (nSPS) is 25.4. The molecule has 3 atom stereocenters. The molecule has 3 aliphatic carbocycles. The second-order valence-electron chi connectivity index (χ2n) is 13.8. The van der Waals surface area contributed by atoms with Crippen LogP contribution in [-0.4, -0.2) is 53.4 Å². The number of nitrogens with zero attached hydrogens (tertiary/aromatic N) is 3. The number of aromatic nitrogens is 1. The number of carboxylic acids is 1. The molecular weight excluding hydrogens is 584 g/mol. The zero-order valence-corrected chi connectivity index (χ0v) is 27.9. The SMILES string of the molecule is CCC1C=C2CC3(CCC2=CCC=C(CCCC(CNC2(C(=O)O)CCCC2)C2=C=CC=CC=C2)C=N1)C(=O)N(C)c1ncccc13. The summed E-state index contributed by atoms with van der Waals surface area (Å²) >= 11 is 0. The van der Waals surface area contributed by atoms with E-state index >= 15 is 0 Å². The maximum atomic E-state index is 13.7. The molecule has 0 bridgehead atoms. The largest absolute Gasteiger partial charge is 0.480 e. The van der Waals surface area contributed by atoms with Crippen LogP contribution in [0, 0.1) is 5.92 Å². The van der Waals surface area contributed by atoms with E-state index in [9.17, 15) is 14.7 Å². The van der Waals surface area contributed by atoms with Crippen molar-refractivity contribution in [2.24, 2.45) is 10.9 Å². The van der Waals surface area contributed by atoms with Crippen molar-refractivity contribution in [3.8, 4) is 0 Å². The number of rotatable bonds is 10. The Morgan fingerprint density at radius 3 is 2.83 bits per heavy atom. The smallest absolute Gasteiger partial charge is 0.323 e. The summed E-state index contributed by atoms with van der Waals surface area (Å²) in [6.07, 6.45) is 31.1. The second kappa shape index (κ2) is 14.4. The number of hydrogen-bond donors (Lipinski definition) is 2. The van der Waals surface area contributed by atoms with Gasteiger partial charge >= 0.3 is 5.97 Å². The number of hydrogen-bond acceptors (Lipinski definition) is 5.